The largest absolute Gasteiger partial charge is 0.379 e. The molecule has 3 heterocycles. The van der Waals surface area contributed by atoms with Gasteiger partial charge in [-0.05, 0) is 30.7 Å². The molecule has 1 aliphatic heterocycles. The van der Waals surface area contributed by atoms with Crippen molar-refractivity contribution in [1.82, 2.24) is 24.7 Å². The molecule has 0 aliphatic carbocycles. The zero-order valence-corrected chi connectivity index (χ0v) is 21.0. The molecule has 1 N–H and O–H groups in total. The number of nitrogens with one attached hydrogen (secondary N) is 1. The summed E-state index contributed by atoms with van der Waals surface area (Å²) >= 11 is 1.48. The highest BCUT2D eigenvalue weighted by atomic mass is 32.1. The van der Waals surface area contributed by atoms with Crippen molar-refractivity contribution in [3.63, 3.8) is 0 Å². The van der Waals surface area contributed by atoms with Gasteiger partial charge in [0.25, 0.3) is 11.8 Å². The van der Waals surface area contributed by atoms with Gasteiger partial charge in [-0.25, -0.2) is 4.98 Å². The fourth-order valence-corrected chi connectivity index (χ4v) is 4.88. The number of rotatable bonds is 11. The van der Waals surface area contributed by atoms with Crippen molar-refractivity contribution in [1.29, 1.82) is 0 Å². The van der Waals surface area contributed by atoms with Crippen molar-refractivity contribution in [3.8, 4) is 0 Å². The third-order valence-electron chi connectivity index (χ3n) is 5.99. The van der Waals surface area contributed by atoms with E-state index >= 15 is 0 Å². The van der Waals surface area contributed by atoms with Gasteiger partial charge in [0.05, 0.1) is 26.3 Å². The number of ether oxygens (including phenoxy) is 1. The third kappa shape index (κ3) is 7.00. The predicted octanol–water partition coefficient (Wildman–Crippen LogP) is 3.11. The van der Waals surface area contributed by atoms with Crippen molar-refractivity contribution >= 4 is 23.2 Å². The number of hydrogen-bond acceptors (Lipinski definition) is 6. The predicted molar refractivity (Wildman–Crippen MR) is 137 cm³/mol. The van der Waals surface area contributed by atoms with Gasteiger partial charge in [0, 0.05) is 55.6 Å². The molecule has 2 amide bonds. The Kier molecular flexibility index (Phi) is 9.05. The van der Waals surface area contributed by atoms with Crippen LogP contribution < -0.4 is 5.32 Å². The number of carbonyl (C=O) groups is 2. The number of benzene rings is 1. The first kappa shape index (κ1) is 25.1. The number of thiazole rings is 1. The average Bonchev–Trinajstić information content (AvgIpc) is 3.54. The van der Waals surface area contributed by atoms with Gasteiger partial charge in [0.1, 0.15) is 10.7 Å². The molecule has 0 bridgehead atoms. The number of nitrogens with zero attached hydrogens (tertiary/aromatic N) is 4. The van der Waals surface area contributed by atoms with Gasteiger partial charge < -0.3 is 19.5 Å². The molecule has 2 aromatic heterocycles. The van der Waals surface area contributed by atoms with Gasteiger partial charge in [-0.3, -0.25) is 14.5 Å². The maximum Gasteiger partial charge on any atom is 0.270 e. The van der Waals surface area contributed by atoms with Crippen LogP contribution in [0.5, 0.6) is 0 Å². The Morgan fingerprint density at radius 3 is 2.71 bits per heavy atom. The second-order valence-corrected chi connectivity index (χ2v) is 9.50. The fraction of sp³-hybridized carbons (Fsp3) is 0.423. The molecule has 0 atom stereocenters. The molecular weight excluding hydrogens is 462 g/mol. The minimum absolute atomic E-state index is 0.0329. The maximum atomic E-state index is 13.0. The van der Waals surface area contributed by atoms with Crippen molar-refractivity contribution in [3.05, 3.63) is 76.0 Å². The van der Waals surface area contributed by atoms with Crippen LogP contribution in [0.3, 0.4) is 0 Å². The highest BCUT2D eigenvalue weighted by Gasteiger charge is 2.18. The first-order valence-electron chi connectivity index (χ1n) is 12.1. The third-order valence-corrected chi connectivity index (χ3v) is 6.82. The van der Waals surface area contributed by atoms with Crippen LogP contribution in [0.15, 0.2) is 54.0 Å². The summed E-state index contributed by atoms with van der Waals surface area (Å²) in [6, 6.07) is 13.4. The molecule has 0 saturated carbocycles. The quantitative estimate of drug-likeness (QED) is 0.442. The lowest BCUT2D eigenvalue weighted by Gasteiger charge is -2.26. The topological polar surface area (TPSA) is 79.7 Å². The Hall–Kier alpha value is -3.01. The summed E-state index contributed by atoms with van der Waals surface area (Å²) < 4.78 is 7.45. The van der Waals surface area contributed by atoms with Gasteiger partial charge >= 0.3 is 0 Å². The van der Waals surface area contributed by atoms with Crippen LogP contribution in [0.2, 0.25) is 0 Å². The standard InChI is InChI=1S/C26H33N5O3S/c1-2-11-31(26(33)21-7-4-3-5-8-21)18-22-9-6-12-30(22)19-24-28-23(20-35-24)25(32)27-10-13-29-14-16-34-17-15-29/h3-9,12,20H,2,10-11,13-19H2,1H3,(H,27,32). The number of morpholine rings is 1. The summed E-state index contributed by atoms with van der Waals surface area (Å²) in [5.41, 5.74) is 2.19. The maximum absolute atomic E-state index is 13.0. The number of aromatic nitrogens is 2. The fourth-order valence-electron chi connectivity index (χ4n) is 4.10. The van der Waals surface area contributed by atoms with Gasteiger partial charge in [0.15, 0.2) is 0 Å². The van der Waals surface area contributed by atoms with Crippen LogP contribution >= 0.6 is 11.3 Å². The lowest BCUT2D eigenvalue weighted by atomic mass is 10.2. The highest BCUT2D eigenvalue weighted by molar-refractivity contribution is 7.09. The first-order valence-corrected chi connectivity index (χ1v) is 13.0. The lowest BCUT2D eigenvalue weighted by molar-refractivity contribution is 0.0383. The van der Waals surface area contributed by atoms with Crippen LogP contribution in [0.1, 0.15) is 44.9 Å². The summed E-state index contributed by atoms with van der Waals surface area (Å²) in [7, 11) is 0. The molecule has 9 heteroatoms. The molecule has 1 saturated heterocycles. The van der Waals surface area contributed by atoms with E-state index in [1.165, 1.54) is 11.3 Å². The Bertz CT molecular complexity index is 1090. The van der Waals surface area contributed by atoms with Crippen molar-refractivity contribution in [2.24, 2.45) is 0 Å². The molecule has 4 rings (SSSR count). The molecule has 186 valence electrons. The summed E-state index contributed by atoms with van der Waals surface area (Å²) in [5, 5.41) is 5.64. The number of hydrogen-bond donors (Lipinski definition) is 1. The summed E-state index contributed by atoms with van der Waals surface area (Å²) in [6.07, 6.45) is 2.88. The van der Waals surface area contributed by atoms with E-state index in [1.54, 1.807) is 0 Å². The second kappa shape index (κ2) is 12.6. The zero-order chi connectivity index (χ0) is 24.5. The van der Waals surface area contributed by atoms with E-state index in [1.807, 2.05) is 58.9 Å². The van der Waals surface area contributed by atoms with Gasteiger partial charge in [-0.2, -0.15) is 0 Å². The van der Waals surface area contributed by atoms with E-state index in [0.29, 0.717) is 37.4 Å². The summed E-state index contributed by atoms with van der Waals surface area (Å²) in [6.45, 7) is 8.57. The highest BCUT2D eigenvalue weighted by Crippen LogP contribution is 2.16. The lowest BCUT2D eigenvalue weighted by Crippen LogP contribution is -2.41. The van der Waals surface area contributed by atoms with Crippen molar-refractivity contribution < 1.29 is 14.3 Å². The molecule has 1 aliphatic rings. The number of carbonyl (C=O) groups excluding carboxylic acids is 2. The molecule has 0 unspecified atom stereocenters. The second-order valence-electron chi connectivity index (χ2n) is 8.56. The summed E-state index contributed by atoms with van der Waals surface area (Å²) in [4.78, 5) is 34.3. The van der Waals surface area contributed by atoms with E-state index in [9.17, 15) is 9.59 Å². The van der Waals surface area contributed by atoms with Crippen LogP contribution in [-0.4, -0.2) is 77.1 Å². The van der Waals surface area contributed by atoms with Crippen molar-refractivity contribution in [2.75, 3.05) is 45.9 Å². The first-order chi connectivity index (χ1) is 17.1. The summed E-state index contributed by atoms with van der Waals surface area (Å²) in [5.74, 6) is -0.110. The van der Waals surface area contributed by atoms with E-state index < -0.39 is 0 Å². The average molecular weight is 496 g/mol. The van der Waals surface area contributed by atoms with E-state index in [4.69, 9.17) is 4.74 Å². The van der Waals surface area contributed by atoms with Crippen LogP contribution in [0.4, 0.5) is 0 Å². The minimum Gasteiger partial charge on any atom is -0.379 e. The molecular formula is C26H33N5O3S. The Balaban J connectivity index is 1.34. The van der Waals surface area contributed by atoms with Gasteiger partial charge in [-0.15, -0.1) is 11.3 Å². The Morgan fingerprint density at radius 1 is 1.14 bits per heavy atom. The zero-order valence-electron chi connectivity index (χ0n) is 20.2. The Morgan fingerprint density at radius 2 is 1.94 bits per heavy atom. The molecule has 3 aromatic rings. The van der Waals surface area contributed by atoms with Gasteiger partial charge in [-0.1, -0.05) is 25.1 Å². The SMILES string of the molecule is CCCN(Cc1cccn1Cc1nc(C(=O)NCCN2CCOCC2)cs1)C(=O)c1ccccc1. The minimum atomic E-state index is -0.143. The molecule has 1 aromatic carbocycles. The molecule has 35 heavy (non-hydrogen) atoms. The van der Waals surface area contributed by atoms with E-state index in [0.717, 1.165) is 50.0 Å². The normalized spacial score (nSPS) is 14.1. The molecule has 0 spiro atoms. The molecule has 1 fully saturated rings. The van der Waals surface area contributed by atoms with E-state index in [2.05, 4.69) is 26.7 Å². The smallest absolute Gasteiger partial charge is 0.270 e. The van der Waals surface area contributed by atoms with Gasteiger partial charge in [0.2, 0.25) is 0 Å². The molecule has 8 nitrogen and oxygen atoms in total. The van der Waals surface area contributed by atoms with Crippen LogP contribution in [0.25, 0.3) is 0 Å². The molecule has 0 radical (unpaired) electrons. The van der Waals surface area contributed by atoms with Crippen LogP contribution in [0, 0.1) is 0 Å². The Labute approximate surface area is 210 Å². The number of amides is 2. The van der Waals surface area contributed by atoms with Crippen LogP contribution in [-0.2, 0) is 17.8 Å². The van der Waals surface area contributed by atoms with Crippen molar-refractivity contribution in [2.45, 2.75) is 26.4 Å². The monoisotopic (exact) mass is 495 g/mol. The van der Waals surface area contributed by atoms with E-state index in [-0.39, 0.29) is 11.8 Å².